The van der Waals surface area contributed by atoms with Gasteiger partial charge in [0.05, 0.1) is 5.69 Å². The second-order valence-corrected chi connectivity index (χ2v) is 4.46. The SMILES string of the molecule is NC(=O)N1C2=C(C=CC=CC2)C=Cc2ccccc21. The zero-order valence-corrected chi connectivity index (χ0v) is 10.4. The van der Waals surface area contributed by atoms with Crippen molar-refractivity contribution in [1.82, 2.24) is 0 Å². The number of benzene rings is 1. The Morgan fingerprint density at radius 1 is 1.11 bits per heavy atom. The van der Waals surface area contributed by atoms with E-state index in [1.54, 1.807) is 4.90 Å². The molecule has 0 unspecified atom stereocenters. The molecular formula is C16H14N2O. The van der Waals surface area contributed by atoms with E-state index in [0.29, 0.717) is 6.42 Å². The van der Waals surface area contributed by atoms with Crippen LogP contribution in [0.1, 0.15) is 12.0 Å². The minimum absolute atomic E-state index is 0.452. The summed E-state index contributed by atoms with van der Waals surface area (Å²) in [7, 11) is 0. The molecule has 3 nitrogen and oxygen atoms in total. The maximum atomic E-state index is 11.9. The number of allylic oxidation sites excluding steroid dienone is 6. The Labute approximate surface area is 112 Å². The number of carbonyl (C=O) groups is 1. The highest BCUT2D eigenvalue weighted by Crippen LogP contribution is 2.33. The summed E-state index contributed by atoms with van der Waals surface area (Å²) in [5.74, 6) is 0. The lowest BCUT2D eigenvalue weighted by molar-refractivity contribution is 0.255. The van der Waals surface area contributed by atoms with Crippen LogP contribution in [-0.4, -0.2) is 6.03 Å². The van der Waals surface area contributed by atoms with E-state index in [-0.39, 0.29) is 0 Å². The lowest BCUT2D eigenvalue weighted by Gasteiger charge is -2.24. The van der Waals surface area contributed by atoms with E-state index >= 15 is 0 Å². The Balaban J connectivity index is 2.23. The second kappa shape index (κ2) is 4.61. The average molecular weight is 250 g/mol. The Bertz CT molecular complexity index is 650. The molecule has 0 aromatic heterocycles. The van der Waals surface area contributed by atoms with Gasteiger partial charge in [-0.05, 0) is 17.2 Å². The summed E-state index contributed by atoms with van der Waals surface area (Å²) in [6.07, 6.45) is 12.7. The smallest absolute Gasteiger partial charge is 0.323 e. The summed E-state index contributed by atoms with van der Waals surface area (Å²) < 4.78 is 0. The number of primary amides is 1. The van der Waals surface area contributed by atoms with Crippen molar-refractivity contribution >= 4 is 17.8 Å². The molecule has 1 aliphatic carbocycles. The molecule has 19 heavy (non-hydrogen) atoms. The summed E-state index contributed by atoms with van der Waals surface area (Å²) in [6.45, 7) is 0. The highest BCUT2D eigenvalue weighted by molar-refractivity contribution is 5.97. The zero-order valence-electron chi connectivity index (χ0n) is 10.4. The number of para-hydroxylation sites is 1. The van der Waals surface area contributed by atoms with E-state index in [2.05, 4.69) is 0 Å². The molecule has 1 aromatic rings. The highest BCUT2D eigenvalue weighted by atomic mass is 16.2. The lowest BCUT2D eigenvalue weighted by atomic mass is 10.1. The van der Waals surface area contributed by atoms with Gasteiger partial charge in [0, 0.05) is 12.1 Å². The van der Waals surface area contributed by atoms with Crippen LogP contribution in [0.3, 0.4) is 0 Å². The molecule has 1 aromatic carbocycles. The third-order valence-electron chi connectivity index (χ3n) is 3.28. The predicted octanol–water partition coefficient (Wildman–Crippen LogP) is 3.37. The molecule has 0 spiro atoms. The fourth-order valence-electron chi connectivity index (χ4n) is 2.41. The van der Waals surface area contributed by atoms with E-state index in [1.165, 1.54) is 0 Å². The number of carbonyl (C=O) groups excluding carboxylic acids is 1. The molecule has 0 radical (unpaired) electrons. The first kappa shape index (κ1) is 11.5. The van der Waals surface area contributed by atoms with Gasteiger partial charge >= 0.3 is 6.03 Å². The number of hydrogen-bond donors (Lipinski definition) is 1. The van der Waals surface area contributed by atoms with E-state index in [1.807, 2.05) is 60.7 Å². The number of nitrogens with two attached hydrogens (primary N) is 1. The monoisotopic (exact) mass is 250 g/mol. The minimum atomic E-state index is -0.452. The number of urea groups is 1. The van der Waals surface area contributed by atoms with Crippen LogP contribution in [0.2, 0.25) is 0 Å². The Morgan fingerprint density at radius 3 is 2.79 bits per heavy atom. The van der Waals surface area contributed by atoms with Crippen molar-refractivity contribution in [3.63, 3.8) is 0 Å². The Kier molecular flexibility index (Phi) is 2.80. The van der Waals surface area contributed by atoms with Gasteiger partial charge in [0.2, 0.25) is 0 Å². The van der Waals surface area contributed by atoms with Gasteiger partial charge in [-0.3, -0.25) is 4.90 Å². The maximum absolute atomic E-state index is 11.9. The standard InChI is InChI=1S/C16H14N2O/c17-16(19)18-14-8-3-1-2-6-12(14)10-11-13-7-4-5-9-15(13)18/h1-7,9-11H,8H2,(H2,17,19). The van der Waals surface area contributed by atoms with Gasteiger partial charge in [-0.25, -0.2) is 4.79 Å². The van der Waals surface area contributed by atoms with Crippen LogP contribution in [0.4, 0.5) is 10.5 Å². The van der Waals surface area contributed by atoms with Crippen LogP contribution in [0.5, 0.6) is 0 Å². The molecular weight excluding hydrogens is 236 g/mol. The van der Waals surface area contributed by atoms with Crippen LogP contribution in [0, 0.1) is 0 Å². The van der Waals surface area contributed by atoms with Crippen LogP contribution < -0.4 is 10.6 Å². The number of amides is 2. The molecule has 0 atom stereocenters. The normalized spacial score (nSPS) is 16.7. The van der Waals surface area contributed by atoms with Crippen molar-refractivity contribution < 1.29 is 4.79 Å². The number of anilines is 1. The van der Waals surface area contributed by atoms with Crippen LogP contribution in [0.15, 0.2) is 65.9 Å². The van der Waals surface area contributed by atoms with E-state index in [0.717, 1.165) is 22.5 Å². The van der Waals surface area contributed by atoms with Gasteiger partial charge < -0.3 is 5.73 Å². The summed E-state index contributed by atoms with van der Waals surface area (Å²) >= 11 is 0. The van der Waals surface area contributed by atoms with E-state index < -0.39 is 6.03 Å². The van der Waals surface area contributed by atoms with Crippen molar-refractivity contribution in [3.8, 4) is 0 Å². The number of rotatable bonds is 0. The second-order valence-electron chi connectivity index (χ2n) is 4.46. The molecule has 0 saturated carbocycles. The van der Waals surface area contributed by atoms with Crippen LogP contribution >= 0.6 is 0 Å². The molecule has 2 aliphatic rings. The topological polar surface area (TPSA) is 46.3 Å². The van der Waals surface area contributed by atoms with Gasteiger partial charge in [-0.1, -0.05) is 54.7 Å². The number of hydrogen-bond acceptors (Lipinski definition) is 1. The highest BCUT2D eigenvalue weighted by Gasteiger charge is 2.23. The van der Waals surface area contributed by atoms with Crippen molar-refractivity contribution in [2.45, 2.75) is 6.42 Å². The molecule has 2 amide bonds. The molecule has 3 rings (SSSR count). The zero-order chi connectivity index (χ0) is 13.2. The quantitative estimate of drug-likeness (QED) is 0.754. The molecule has 0 saturated heterocycles. The van der Waals surface area contributed by atoms with Gasteiger partial charge in [0.1, 0.15) is 0 Å². The summed E-state index contributed by atoms with van der Waals surface area (Å²) in [5.41, 5.74) is 9.34. The molecule has 94 valence electrons. The third kappa shape index (κ3) is 1.99. The summed E-state index contributed by atoms with van der Waals surface area (Å²) in [4.78, 5) is 13.5. The van der Waals surface area contributed by atoms with Crippen molar-refractivity contribution in [2.75, 3.05) is 4.90 Å². The lowest BCUT2D eigenvalue weighted by Crippen LogP contribution is -2.35. The van der Waals surface area contributed by atoms with Gasteiger partial charge in [0.25, 0.3) is 0 Å². The first-order valence-corrected chi connectivity index (χ1v) is 6.20. The number of fused-ring (bicyclic) bond motifs is 1. The van der Waals surface area contributed by atoms with E-state index in [4.69, 9.17) is 5.73 Å². The molecule has 2 N–H and O–H groups in total. The van der Waals surface area contributed by atoms with Crippen LogP contribution in [-0.2, 0) is 0 Å². The predicted molar refractivity (Wildman–Crippen MR) is 77.5 cm³/mol. The van der Waals surface area contributed by atoms with Crippen molar-refractivity contribution in [3.05, 3.63) is 71.5 Å². The molecule has 1 heterocycles. The molecule has 0 fully saturated rings. The fraction of sp³-hybridized carbons (Fsp3) is 0.0625. The molecule has 0 bridgehead atoms. The average Bonchev–Trinajstić information content (AvgIpc) is 2.70. The largest absolute Gasteiger partial charge is 0.351 e. The van der Waals surface area contributed by atoms with Crippen molar-refractivity contribution in [2.24, 2.45) is 5.73 Å². The van der Waals surface area contributed by atoms with E-state index in [9.17, 15) is 4.79 Å². The van der Waals surface area contributed by atoms with Gasteiger partial charge in [-0.2, -0.15) is 0 Å². The fourth-order valence-corrected chi connectivity index (χ4v) is 2.41. The first-order valence-electron chi connectivity index (χ1n) is 6.20. The third-order valence-corrected chi connectivity index (χ3v) is 3.28. The maximum Gasteiger partial charge on any atom is 0.323 e. The van der Waals surface area contributed by atoms with Gasteiger partial charge in [0.15, 0.2) is 0 Å². The van der Waals surface area contributed by atoms with Gasteiger partial charge in [-0.15, -0.1) is 0 Å². The van der Waals surface area contributed by atoms with Crippen LogP contribution in [0.25, 0.3) is 6.08 Å². The molecule has 3 heteroatoms. The minimum Gasteiger partial charge on any atom is -0.351 e. The van der Waals surface area contributed by atoms with Crippen molar-refractivity contribution in [1.29, 1.82) is 0 Å². The molecule has 1 aliphatic heterocycles. The number of nitrogens with zero attached hydrogens (tertiary/aromatic N) is 1. The Morgan fingerprint density at radius 2 is 1.95 bits per heavy atom. The summed E-state index contributed by atoms with van der Waals surface area (Å²) in [5, 5.41) is 0. The summed E-state index contributed by atoms with van der Waals surface area (Å²) in [6, 6.07) is 7.31. The first-order chi connectivity index (χ1) is 9.27. The Hall–Kier alpha value is -2.55.